The first kappa shape index (κ1) is 19.2. The molecule has 3 heterocycles. The fourth-order valence-electron chi connectivity index (χ4n) is 2.59. The summed E-state index contributed by atoms with van der Waals surface area (Å²) < 4.78 is 69.5. The number of ether oxygens (including phenoxy) is 1. The van der Waals surface area contributed by atoms with Gasteiger partial charge in [0.25, 0.3) is 10.0 Å². The zero-order valence-electron chi connectivity index (χ0n) is 13.7. The quantitative estimate of drug-likeness (QED) is 0.607. The van der Waals surface area contributed by atoms with E-state index in [1.807, 2.05) is 0 Å². The molecule has 0 amide bonds. The maximum absolute atomic E-state index is 12.7. The largest absolute Gasteiger partial charge is 0.573 e. The van der Waals surface area contributed by atoms with Crippen molar-refractivity contribution >= 4 is 54.8 Å². The topological polar surface area (TPSA) is 83.6 Å². The Morgan fingerprint density at radius 2 is 2.11 bits per heavy atom. The summed E-state index contributed by atoms with van der Waals surface area (Å²) in [6, 6.07) is 6.71. The molecule has 1 aromatic carbocycles. The van der Waals surface area contributed by atoms with Crippen molar-refractivity contribution in [2.75, 3.05) is 11.3 Å². The highest BCUT2D eigenvalue weighted by Gasteiger charge is 2.32. The highest BCUT2D eigenvalue weighted by Crippen LogP contribution is 2.35. The van der Waals surface area contributed by atoms with Gasteiger partial charge in [-0.15, -0.1) is 24.5 Å². The average molecular weight is 445 g/mol. The number of anilines is 1. The molecule has 0 aliphatic carbocycles. The summed E-state index contributed by atoms with van der Waals surface area (Å²) in [6.45, 7) is 0.398. The molecular formula is C16H10F3N3O3S3. The number of halogens is 3. The van der Waals surface area contributed by atoms with E-state index in [1.54, 1.807) is 17.5 Å². The molecule has 2 aromatic heterocycles. The molecule has 0 saturated carbocycles. The van der Waals surface area contributed by atoms with Crippen LogP contribution in [-0.4, -0.2) is 31.4 Å². The number of nitrogens with zero attached hydrogens (tertiary/aromatic N) is 1. The number of alkyl halides is 3. The maximum Gasteiger partial charge on any atom is 0.573 e. The third-order valence-electron chi connectivity index (χ3n) is 3.63. The van der Waals surface area contributed by atoms with Crippen molar-refractivity contribution in [1.29, 1.82) is 0 Å². The van der Waals surface area contributed by atoms with Crippen molar-refractivity contribution in [3.63, 3.8) is 0 Å². The Morgan fingerprint density at radius 3 is 2.75 bits per heavy atom. The number of thiophene rings is 1. The van der Waals surface area contributed by atoms with Crippen LogP contribution in [0.3, 0.4) is 0 Å². The van der Waals surface area contributed by atoms with Crippen molar-refractivity contribution in [2.24, 2.45) is 4.99 Å². The minimum atomic E-state index is -4.91. The molecule has 0 fully saturated rings. The van der Waals surface area contributed by atoms with Gasteiger partial charge < -0.3 is 9.72 Å². The first-order chi connectivity index (χ1) is 13.2. The summed E-state index contributed by atoms with van der Waals surface area (Å²) in [5, 5.41) is 2.54. The fourth-order valence-corrected chi connectivity index (χ4v) is 5.26. The summed E-state index contributed by atoms with van der Waals surface area (Å²) in [5.74, 6) is 2.40. The van der Waals surface area contributed by atoms with Gasteiger partial charge in [0.2, 0.25) is 0 Å². The first-order valence-corrected chi connectivity index (χ1v) is 10.8. The molecule has 0 bridgehead atoms. The van der Waals surface area contributed by atoms with E-state index in [9.17, 15) is 21.6 Å². The highest BCUT2D eigenvalue weighted by molar-refractivity contribution is 8.16. The van der Waals surface area contributed by atoms with Crippen LogP contribution < -0.4 is 9.46 Å². The molecule has 3 aromatic rings. The molecule has 0 spiro atoms. The van der Waals surface area contributed by atoms with Gasteiger partial charge in [0.15, 0.2) is 0 Å². The van der Waals surface area contributed by atoms with Crippen LogP contribution in [0.5, 0.6) is 5.75 Å². The number of thioether (sulfide) groups is 1. The van der Waals surface area contributed by atoms with Crippen LogP contribution in [0.15, 0.2) is 44.9 Å². The number of hydrogen-bond acceptors (Lipinski definition) is 6. The van der Waals surface area contributed by atoms with Crippen LogP contribution in [0, 0.1) is 5.75 Å². The van der Waals surface area contributed by atoms with Crippen molar-refractivity contribution < 1.29 is 26.3 Å². The molecule has 1 aliphatic rings. The number of benzene rings is 1. The van der Waals surface area contributed by atoms with E-state index in [-0.39, 0.29) is 9.90 Å². The SMILES string of the molecule is O=S(=O)(Nc1cc(OC(F)(F)F)cc2cc(C3=NC[C]S3)[nH]c12)c1cccs1. The molecule has 2 radical (unpaired) electrons. The average Bonchev–Trinajstić information content (AvgIpc) is 3.33. The Labute approximate surface area is 165 Å². The van der Waals surface area contributed by atoms with E-state index in [2.05, 4.69) is 25.2 Å². The molecular weight excluding hydrogens is 435 g/mol. The molecule has 146 valence electrons. The van der Waals surface area contributed by atoms with Crippen molar-refractivity contribution in [2.45, 2.75) is 10.6 Å². The van der Waals surface area contributed by atoms with Crippen molar-refractivity contribution in [3.05, 3.63) is 47.2 Å². The molecule has 0 unspecified atom stereocenters. The predicted molar refractivity (Wildman–Crippen MR) is 102 cm³/mol. The standard InChI is InChI=1S/C16H10F3N3O3S3/c17-16(18,19)25-10-6-9-7-12(15-20-3-5-27-15)21-14(9)11(8-10)22-28(23,24)13-2-1-4-26-13/h1-2,4,6-8,21-22H,3H2. The lowest BCUT2D eigenvalue weighted by atomic mass is 10.2. The van der Waals surface area contributed by atoms with E-state index in [4.69, 9.17) is 0 Å². The summed E-state index contributed by atoms with van der Waals surface area (Å²) in [4.78, 5) is 7.23. The lowest BCUT2D eigenvalue weighted by Gasteiger charge is -2.12. The zero-order chi connectivity index (χ0) is 19.9. The van der Waals surface area contributed by atoms with Crippen LogP contribution in [0.1, 0.15) is 5.69 Å². The molecule has 6 nitrogen and oxygen atoms in total. The number of aliphatic imine (C=N–C) groups is 1. The fraction of sp³-hybridized carbons (Fsp3) is 0.125. The van der Waals surface area contributed by atoms with Crippen LogP contribution >= 0.6 is 23.1 Å². The maximum atomic E-state index is 12.7. The first-order valence-electron chi connectivity index (χ1n) is 7.65. The van der Waals surface area contributed by atoms with Gasteiger partial charge in [0, 0.05) is 11.5 Å². The number of aromatic amines is 1. The second-order valence-corrected chi connectivity index (χ2v) is 9.31. The number of hydrogen-bond donors (Lipinski definition) is 2. The number of H-pyrrole nitrogens is 1. The molecule has 12 heteroatoms. The molecule has 0 atom stereocenters. The van der Waals surface area contributed by atoms with Crippen LogP contribution in [0.2, 0.25) is 0 Å². The lowest BCUT2D eigenvalue weighted by molar-refractivity contribution is -0.274. The van der Waals surface area contributed by atoms with Crippen LogP contribution in [0.4, 0.5) is 18.9 Å². The minimum Gasteiger partial charge on any atom is -0.406 e. The molecule has 28 heavy (non-hydrogen) atoms. The Balaban J connectivity index is 1.81. The monoisotopic (exact) mass is 445 g/mol. The Hall–Kier alpha value is -2.18. The molecule has 1 aliphatic heterocycles. The highest BCUT2D eigenvalue weighted by atomic mass is 32.2. The van der Waals surface area contributed by atoms with Gasteiger partial charge in [-0.05, 0) is 23.6 Å². The number of rotatable bonds is 5. The Kier molecular flexibility index (Phi) is 4.79. The van der Waals surface area contributed by atoms with Gasteiger partial charge in [-0.2, -0.15) is 0 Å². The lowest BCUT2D eigenvalue weighted by Crippen LogP contribution is -2.17. The smallest absolute Gasteiger partial charge is 0.406 e. The third-order valence-corrected chi connectivity index (χ3v) is 7.20. The molecule has 0 saturated heterocycles. The van der Waals surface area contributed by atoms with Gasteiger partial charge in [0.1, 0.15) is 15.0 Å². The summed E-state index contributed by atoms with van der Waals surface area (Å²) in [7, 11) is -3.97. The van der Waals surface area contributed by atoms with Gasteiger partial charge in [-0.3, -0.25) is 9.71 Å². The third kappa shape index (κ3) is 3.98. The number of nitrogens with one attached hydrogen (secondary N) is 2. The summed E-state index contributed by atoms with van der Waals surface area (Å²) in [5.41, 5.74) is 0.804. The van der Waals surface area contributed by atoms with E-state index >= 15 is 0 Å². The molecule has 2 N–H and O–H groups in total. The van der Waals surface area contributed by atoms with E-state index < -0.39 is 22.1 Å². The summed E-state index contributed by atoms with van der Waals surface area (Å²) >= 11 is 2.25. The van der Waals surface area contributed by atoms with Gasteiger partial charge in [-0.1, -0.05) is 17.8 Å². The van der Waals surface area contributed by atoms with E-state index in [1.165, 1.54) is 23.9 Å². The second-order valence-electron chi connectivity index (χ2n) is 5.57. The van der Waals surface area contributed by atoms with E-state index in [0.29, 0.717) is 28.2 Å². The zero-order valence-corrected chi connectivity index (χ0v) is 16.2. The second kappa shape index (κ2) is 7.01. The number of aromatic nitrogens is 1. The summed E-state index contributed by atoms with van der Waals surface area (Å²) in [6.07, 6.45) is -4.91. The van der Waals surface area contributed by atoms with Crippen LogP contribution in [-0.2, 0) is 10.0 Å². The normalized spacial score (nSPS) is 15.0. The van der Waals surface area contributed by atoms with Gasteiger partial charge in [-0.25, -0.2) is 8.42 Å². The van der Waals surface area contributed by atoms with Gasteiger partial charge in [0.05, 0.1) is 29.2 Å². The Morgan fingerprint density at radius 1 is 1.29 bits per heavy atom. The van der Waals surface area contributed by atoms with Crippen molar-refractivity contribution in [3.8, 4) is 5.75 Å². The number of fused-ring (bicyclic) bond motifs is 1. The predicted octanol–water partition coefficient (Wildman–Crippen LogP) is 4.46. The van der Waals surface area contributed by atoms with Crippen molar-refractivity contribution in [1.82, 2.24) is 4.98 Å². The van der Waals surface area contributed by atoms with Crippen LogP contribution in [0.25, 0.3) is 10.9 Å². The van der Waals surface area contributed by atoms with Gasteiger partial charge >= 0.3 is 6.36 Å². The number of sulfonamides is 1. The van der Waals surface area contributed by atoms with E-state index in [0.717, 1.165) is 17.4 Å². The minimum absolute atomic E-state index is 0.0366. The molecule has 4 rings (SSSR count). The Bertz CT molecular complexity index is 1150.